The predicted molar refractivity (Wildman–Crippen MR) is 55.2 cm³/mol. The fourth-order valence-electron chi connectivity index (χ4n) is 0.736. The normalized spacial score (nSPS) is 8.38. The molecule has 0 aliphatic rings. The Morgan fingerprint density at radius 2 is 1.46 bits per heavy atom. The van der Waals surface area contributed by atoms with Crippen molar-refractivity contribution in [1.29, 1.82) is 0 Å². The van der Waals surface area contributed by atoms with Crippen molar-refractivity contribution >= 4 is 5.91 Å². The Hall–Kier alpha value is -1.31. The van der Waals surface area contributed by atoms with Crippen molar-refractivity contribution in [3.63, 3.8) is 0 Å². The zero-order valence-electron chi connectivity index (χ0n) is 8.07. The van der Waals surface area contributed by atoms with Gasteiger partial charge < -0.3 is 5.73 Å². The SMILES string of the molecule is CCCCC(N)=O.c1ccccc1. The molecule has 0 aliphatic heterocycles. The lowest BCUT2D eigenvalue weighted by Crippen LogP contribution is -2.09. The first-order valence-corrected chi connectivity index (χ1v) is 4.55. The first-order chi connectivity index (χ1) is 6.27. The molecule has 1 aromatic rings. The largest absolute Gasteiger partial charge is 0.370 e. The van der Waals surface area contributed by atoms with Crippen LogP contribution in [-0.4, -0.2) is 5.91 Å². The molecular formula is C11H17NO. The van der Waals surface area contributed by atoms with Gasteiger partial charge in [0.2, 0.25) is 5.91 Å². The van der Waals surface area contributed by atoms with Gasteiger partial charge >= 0.3 is 0 Å². The fraction of sp³-hybridized carbons (Fsp3) is 0.364. The number of carbonyl (C=O) groups excluding carboxylic acids is 1. The van der Waals surface area contributed by atoms with Crippen molar-refractivity contribution in [1.82, 2.24) is 0 Å². The van der Waals surface area contributed by atoms with Gasteiger partial charge in [0.1, 0.15) is 0 Å². The molecule has 0 fully saturated rings. The van der Waals surface area contributed by atoms with Gasteiger partial charge in [0, 0.05) is 6.42 Å². The summed E-state index contributed by atoms with van der Waals surface area (Å²) in [5, 5.41) is 0. The lowest BCUT2D eigenvalue weighted by Gasteiger charge is -1.86. The van der Waals surface area contributed by atoms with E-state index in [9.17, 15) is 4.79 Å². The molecule has 0 atom stereocenters. The maximum absolute atomic E-state index is 9.98. The molecule has 0 spiro atoms. The lowest BCUT2D eigenvalue weighted by molar-refractivity contribution is -0.118. The Balaban J connectivity index is 0.000000223. The molecule has 0 unspecified atom stereocenters. The Morgan fingerprint density at radius 3 is 1.62 bits per heavy atom. The smallest absolute Gasteiger partial charge is 0.217 e. The van der Waals surface area contributed by atoms with E-state index in [-0.39, 0.29) is 5.91 Å². The van der Waals surface area contributed by atoms with Gasteiger partial charge in [-0.1, -0.05) is 49.7 Å². The molecule has 1 rings (SSSR count). The first kappa shape index (κ1) is 11.7. The second-order valence-electron chi connectivity index (χ2n) is 2.72. The summed E-state index contributed by atoms with van der Waals surface area (Å²) in [5.74, 6) is -0.193. The van der Waals surface area contributed by atoms with Crippen molar-refractivity contribution in [3.8, 4) is 0 Å². The minimum Gasteiger partial charge on any atom is -0.370 e. The molecule has 72 valence electrons. The molecular weight excluding hydrogens is 162 g/mol. The number of amides is 1. The van der Waals surface area contributed by atoms with Crippen molar-refractivity contribution < 1.29 is 4.79 Å². The van der Waals surface area contributed by atoms with Crippen LogP contribution in [0.1, 0.15) is 26.2 Å². The summed E-state index contributed by atoms with van der Waals surface area (Å²) in [5.41, 5.74) is 4.84. The van der Waals surface area contributed by atoms with Crippen molar-refractivity contribution in [2.24, 2.45) is 5.73 Å². The topological polar surface area (TPSA) is 43.1 Å². The van der Waals surface area contributed by atoms with Crippen LogP contribution in [-0.2, 0) is 4.79 Å². The standard InChI is InChI=1S/C6H6.C5H11NO/c1-2-4-6-5-3-1;1-2-3-4-5(6)7/h1-6H;2-4H2,1H3,(H2,6,7). The molecule has 0 saturated carbocycles. The van der Waals surface area contributed by atoms with Gasteiger partial charge in [-0.3, -0.25) is 4.79 Å². The minimum atomic E-state index is -0.193. The van der Waals surface area contributed by atoms with E-state index in [2.05, 4.69) is 0 Å². The Morgan fingerprint density at radius 1 is 1.08 bits per heavy atom. The molecule has 0 radical (unpaired) electrons. The Bertz CT molecular complexity index is 182. The number of carbonyl (C=O) groups is 1. The molecule has 0 aliphatic carbocycles. The predicted octanol–water partition coefficient (Wildman–Crippen LogP) is 2.35. The maximum Gasteiger partial charge on any atom is 0.217 e. The summed E-state index contributed by atoms with van der Waals surface area (Å²) in [6.07, 6.45) is 2.51. The third-order valence-corrected chi connectivity index (χ3v) is 1.44. The van der Waals surface area contributed by atoms with E-state index in [1.807, 2.05) is 43.3 Å². The number of unbranched alkanes of at least 4 members (excludes halogenated alkanes) is 1. The summed E-state index contributed by atoms with van der Waals surface area (Å²) < 4.78 is 0. The number of nitrogens with two attached hydrogens (primary N) is 1. The van der Waals surface area contributed by atoms with E-state index in [0.717, 1.165) is 12.8 Å². The quantitative estimate of drug-likeness (QED) is 0.760. The average molecular weight is 179 g/mol. The highest BCUT2D eigenvalue weighted by atomic mass is 16.1. The molecule has 1 aromatic carbocycles. The molecule has 13 heavy (non-hydrogen) atoms. The van der Waals surface area contributed by atoms with E-state index >= 15 is 0 Å². The van der Waals surface area contributed by atoms with Crippen LogP contribution in [0.25, 0.3) is 0 Å². The number of hydrogen-bond acceptors (Lipinski definition) is 1. The van der Waals surface area contributed by atoms with Crippen molar-refractivity contribution in [3.05, 3.63) is 36.4 Å². The van der Waals surface area contributed by atoms with Crippen LogP contribution < -0.4 is 5.73 Å². The van der Waals surface area contributed by atoms with Crippen LogP contribution in [0.5, 0.6) is 0 Å². The maximum atomic E-state index is 9.98. The average Bonchev–Trinajstić information content (AvgIpc) is 2.18. The van der Waals surface area contributed by atoms with E-state index in [1.54, 1.807) is 0 Å². The van der Waals surface area contributed by atoms with Gasteiger partial charge in [-0.05, 0) is 6.42 Å². The van der Waals surface area contributed by atoms with Crippen LogP contribution >= 0.6 is 0 Å². The summed E-state index contributed by atoms with van der Waals surface area (Å²) in [7, 11) is 0. The number of hydrogen-bond donors (Lipinski definition) is 1. The Labute approximate surface area is 79.8 Å². The van der Waals surface area contributed by atoms with E-state index in [4.69, 9.17) is 5.73 Å². The van der Waals surface area contributed by atoms with Gasteiger partial charge in [0.15, 0.2) is 0 Å². The third kappa shape index (κ3) is 10.7. The van der Waals surface area contributed by atoms with E-state index in [1.165, 1.54) is 0 Å². The highest BCUT2D eigenvalue weighted by Crippen LogP contribution is 1.89. The van der Waals surface area contributed by atoms with Gasteiger partial charge in [-0.15, -0.1) is 0 Å². The monoisotopic (exact) mass is 179 g/mol. The first-order valence-electron chi connectivity index (χ1n) is 4.55. The van der Waals surface area contributed by atoms with E-state index in [0.29, 0.717) is 6.42 Å². The summed E-state index contributed by atoms with van der Waals surface area (Å²) >= 11 is 0. The third-order valence-electron chi connectivity index (χ3n) is 1.44. The van der Waals surface area contributed by atoms with Gasteiger partial charge in [-0.25, -0.2) is 0 Å². The molecule has 0 heterocycles. The summed E-state index contributed by atoms with van der Waals surface area (Å²) in [4.78, 5) is 9.98. The number of rotatable bonds is 3. The highest BCUT2D eigenvalue weighted by Gasteiger charge is 1.88. The van der Waals surface area contributed by atoms with Crippen molar-refractivity contribution in [2.75, 3.05) is 0 Å². The van der Waals surface area contributed by atoms with Crippen LogP contribution in [0.4, 0.5) is 0 Å². The van der Waals surface area contributed by atoms with Gasteiger partial charge in [0.25, 0.3) is 0 Å². The molecule has 0 bridgehead atoms. The number of primary amides is 1. The highest BCUT2D eigenvalue weighted by molar-refractivity contribution is 5.73. The summed E-state index contributed by atoms with van der Waals surface area (Å²) in [6.45, 7) is 2.03. The fourth-order valence-corrected chi connectivity index (χ4v) is 0.736. The van der Waals surface area contributed by atoms with Crippen LogP contribution in [0.15, 0.2) is 36.4 Å². The van der Waals surface area contributed by atoms with Crippen LogP contribution in [0.2, 0.25) is 0 Å². The van der Waals surface area contributed by atoms with Crippen LogP contribution in [0, 0.1) is 0 Å². The summed E-state index contributed by atoms with van der Waals surface area (Å²) in [6, 6.07) is 12.0. The zero-order valence-corrected chi connectivity index (χ0v) is 8.07. The van der Waals surface area contributed by atoms with Crippen LogP contribution in [0.3, 0.4) is 0 Å². The van der Waals surface area contributed by atoms with Gasteiger partial charge in [0.05, 0.1) is 0 Å². The van der Waals surface area contributed by atoms with Gasteiger partial charge in [-0.2, -0.15) is 0 Å². The molecule has 2 heteroatoms. The minimum absolute atomic E-state index is 0.193. The molecule has 2 nitrogen and oxygen atoms in total. The molecule has 1 amide bonds. The Kier molecular flexibility index (Phi) is 7.90. The zero-order chi connectivity index (χ0) is 9.94. The van der Waals surface area contributed by atoms with E-state index < -0.39 is 0 Å². The second-order valence-corrected chi connectivity index (χ2v) is 2.72. The molecule has 0 saturated heterocycles. The second kappa shape index (κ2) is 8.78. The molecule has 2 N–H and O–H groups in total. The lowest BCUT2D eigenvalue weighted by atomic mass is 10.2. The number of benzene rings is 1. The van der Waals surface area contributed by atoms with Crippen molar-refractivity contribution in [2.45, 2.75) is 26.2 Å². The molecule has 0 aromatic heterocycles.